The Morgan fingerprint density at radius 2 is 2.10 bits per heavy atom. The van der Waals surface area contributed by atoms with Gasteiger partial charge in [0, 0.05) is 0 Å². The van der Waals surface area contributed by atoms with Crippen molar-refractivity contribution in [2.75, 3.05) is 0 Å². The zero-order valence-corrected chi connectivity index (χ0v) is 12.4. The van der Waals surface area contributed by atoms with E-state index < -0.39 is 12.0 Å². The number of carbonyl (C=O) groups is 2. The molecule has 0 N–H and O–H groups in total. The van der Waals surface area contributed by atoms with Crippen LogP contribution in [0, 0.1) is 0 Å². The van der Waals surface area contributed by atoms with Gasteiger partial charge in [0.05, 0.1) is 16.9 Å². The van der Waals surface area contributed by atoms with Gasteiger partial charge in [-0.15, -0.1) is 0 Å². The Morgan fingerprint density at radius 1 is 1.45 bits per heavy atom. The molecule has 0 aliphatic carbocycles. The van der Waals surface area contributed by atoms with Crippen molar-refractivity contribution in [3.05, 3.63) is 40.8 Å². The van der Waals surface area contributed by atoms with Gasteiger partial charge in [0.25, 0.3) is 5.91 Å². The van der Waals surface area contributed by atoms with Gasteiger partial charge in [0.2, 0.25) is 0 Å². The van der Waals surface area contributed by atoms with Crippen LogP contribution in [0.2, 0.25) is 0 Å². The van der Waals surface area contributed by atoms with Crippen molar-refractivity contribution in [3.8, 4) is 0 Å². The fourth-order valence-corrected chi connectivity index (χ4v) is 3.26. The maximum absolute atomic E-state index is 12.3. The van der Waals surface area contributed by atoms with Crippen LogP contribution in [-0.4, -0.2) is 27.1 Å². The Morgan fingerprint density at radius 3 is 2.65 bits per heavy atom. The van der Waals surface area contributed by atoms with Crippen LogP contribution < -0.4 is 5.11 Å². The number of carbonyl (C=O) groups excluding carboxylic acids is 2. The first-order valence-electron chi connectivity index (χ1n) is 6.07. The van der Waals surface area contributed by atoms with Crippen LogP contribution in [0.1, 0.15) is 18.9 Å². The molecule has 1 heterocycles. The third-order valence-corrected chi connectivity index (χ3v) is 4.22. The minimum atomic E-state index is -1.29. The first-order chi connectivity index (χ1) is 9.54. The molecule has 0 unspecified atom stereocenters. The van der Waals surface area contributed by atoms with E-state index in [9.17, 15) is 14.7 Å². The summed E-state index contributed by atoms with van der Waals surface area (Å²) in [5.41, 5.74) is 0.870. The van der Waals surface area contributed by atoms with Crippen molar-refractivity contribution in [2.24, 2.45) is 0 Å². The van der Waals surface area contributed by atoms with E-state index in [-0.39, 0.29) is 16.6 Å². The van der Waals surface area contributed by atoms with E-state index in [0.29, 0.717) is 4.91 Å². The van der Waals surface area contributed by atoms with Crippen molar-refractivity contribution in [1.82, 2.24) is 4.90 Å². The average Bonchev–Trinajstić information content (AvgIpc) is 2.68. The van der Waals surface area contributed by atoms with Crippen LogP contribution in [0.3, 0.4) is 0 Å². The summed E-state index contributed by atoms with van der Waals surface area (Å²) in [6, 6.07) is 8.33. The van der Waals surface area contributed by atoms with Crippen LogP contribution in [0.5, 0.6) is 0 Å². The lowest BCUT2D eigenvalue weighted by atomic mass is 10.2. The summed E-state index contributed by atoms with van der Waals surface area (Å²) in [7, 11) is 0. The van der Waals surface area contributed by atoms with Gasteiger partial charge >= 0.3 is 0 Å². The molecule has 0 aromatic heterocycles. The third kappa shape index (κ3) is 2.91. The van der Waals surface area contributed by atoms with Gasteiger partial charge in [0.1, 0.15) is 4.32 Å². The lowest BCUT2D eigenvalue weighted by molar-refractivity contribution is -0.310. The summed E-state index contributed by atoms with van der Waals surface area (Å²) in [5.74, 6) is -1.66. The second-order valence-corrected chi connectivity index (χ2v) is 5.88. The number of hydrogen-bond donors (Lipinski definition) is 0. The Hall–Kier alpha value is -1.66. The van der Waals surface area contributed by atoms with Gasteiger partial charge in [-0.25, -0.2) is 0 Å². The van der Waals surface area contributed by atoms with Gasteiger partial charge in [0.15, 0.2) is 0 Å². The van der Waals surface area contributed by atoms with E-state index >= 15 is 0 Å². The molecule has 0 bridgehead atoms. The van der Waals surface area contributed by atoms with Crippen molar-refractivity contribution in [3.63, 3.8) is 0 Å². The SMILES string of the molecule is CC[C@H](C(=O)[O-])N1C(=O)/C(=C\c2ccccc2)SC1=S. The van der Waals surface area contributed by atoms with Gasteiger partial charge < -0.3 is 9.90 Å². The molecule has 1 aromatic carbocycles. The zero-order chi connectivity index (χ0) is 14.7. The second kappa shape index (κ2) is 6.19. The Kier molecular flexibility index (Phi) is 4.57. The zero-order valence-electron chi connectivity index (χ0n) is 10.7. The van der Waals surface area contributed by atoms with E-state index in [4.69, 9.17) is 12.2 Å². The standard InChI is InChI=1S/C14H13NO3S2/c1-2-10(13(17)18)15-12(16)11(20-14(15)19)8-9-6-4-3-5-7-9/h3-8,10H,2H2,1H3,(H,17,18)/p-1/b11-8+/t10-/m1/s1. The normalized spacial score (nSPS) is 18.6. The molecule has 0 radical (unpaired) electrons. The molecular weight excluding hydrogens is 294 g/mol. The van der Waals surface area contributed by atoms with Gasteiger partial charge in [-0.05, 0) is 18.1 Å². The molecule has 6 heteroatoms. The molecule has 20 heavy (non-hydrogen) atoms. The minimum Gasteiger partial charge on any atom is -0.548 e. The largest absolute Gasteiger partial charge is 0.548 e. The highest BCUT2D eigenvalue weighted by atomic mass is 32.2. The number of thiocarbonyl (C=S) groups is 1. The van der Waals surface area contributed by atoms with E-state index in [2.05, 4.69) is 0 Å². The molecule has 1 amide bonds. The van der Waals surface area contributed by atoms with Gasteiger partial charge in [-0.1, -0.05) is 61.2 Å². The fourth-order valence-electron chi connectivity index (χ4n) is 1.90. The first kappa shape index (κ1) is 14.7. The van der Waals surface area contributed by atoms with Crippen LogP contribution in [0.15, 0.2) is 35.2 Å². The molecular formula is C14H12NO3S2-. The second-order valence-electron chi connectivity index (χ2n) is 4.21. The van der Waals surface area contributed by atoms with E-state index in [1.54, 1.807) is 13.0 Å². The number of carboxylic acids is 1. The molecule has 1 aliphatic heterocycles. The van der Waals surface area contributed by atoms with Crippen molar-refractivity contribution in [2.45, 2.75) is 19.4 Å². The molecule has 1 aliphatic rings. The summed E-state index contributed by atoms with van der Waals surface area (Å²) in [5, 5.41) is 11.1. The summed E-state index contributed by atoms with van der Waals surface area (Å²) in [6.07, 6.45) is 1.97. The predicted molar refractivity (Wildman–Crippen MR) is 80.5 cm³/mol. The van der Waals surface area contributed by atoms with Crippen LogP contribution in [0.25, 0.3) is 6.08 Å². The summed E-state index contributed by atoms with van der Waals surface area (Å²) >= 11 is 6.22. The van der Waals surface area contributed by atoms with Crippen LogP contribution in [-0.2, 0) is 9.59 Å². The molecule has 4 nitrogen and oxygen atoms in total. The molecule has 1 aromatic rings. The minimum absolute atomic E-state index is 0.257. The average molecular weight is 306 g/mol. The predicted octanol–water partition coefficient (Wildman–Crippen LogP) is 1.42. The molecule has 1 fully saturated rings. The Labute approximate surface area is 126 Å². The Bertz CT molecular complexity index is 583. The van der Waals surface area contributed by atoms with Gasteiger partial charge in [-0.3, -0.25) is 9.69 Å². The smallest absolute Gasteiger partial charge is 0.266 e. The molecule has 104 valence electrons. The monoisotopic (exact) mass is 306 g/mol. The van der Waals surface area contributed by atoms with Crippen LogP contribution >= 0.6 is 24.0 Å². The van der Waals surface area contributed by atoms with Crippen molar-refractivity contribution < 1.29 is 14.7 Å². The number of carboxylic acid groups (broad SMARTS) is 1. The Balaban J connectivity index is 2.29. The summed E-state index contributed by atoms with van der Waals surface area (Å²) in [4.78, 5) is 24.9. The molecule has 0 saturated carbocycles. The molecule has 1 atom stereocenters. The number of aliphatic carboxylic acids is 1. The van der Waals surface area contributed by atoms with E-state index in [1.165, 1.54) is 0 Å². The number of thioether (sulfide) groups is 1. The number of hydrogen-bond acceptors (Lipinski definition) is 5. The maximum atomic E-state index is 12.3. The molecule has 0 spiro atoms. The molecule has 1 saturated heterocycles. The summed E-state index contributed by atoms with van der Waals surface area (Å²) in [6.45, 7) is 1.68. The maximum Gasteiger partial charge on any atom is 0.266 e. The van der Waals surface area contributed by atoms with Gasteiger partial charge in [-0.2, -0.15) is 0 Å². The quantitative estimate of drug-likeness (QED) is 0.622. The highest BCUT2D eigenvalue weighted by Crippen LogP contribution is 2.34. The first-order valence-corrected chi connectivity index (χ1v) is 7.30. The number of rotatable bonds is 4. The van der Waals surface area contributed by atoms with E-state index in [1.807, 2.05) is 30.3 Å². The van der Waals surface area contributed by atoms with Crippen LogP contribution in [0.4, 0.5) is 0 Å². The molecule has 2 rings (SSSR count). The van der Waals surface area contributed by atoms with Crippen molar-refractivity contribution >= 4 is 46.3 Å². The number of nitrogens with zero attached hydrogens (tertiary/aromatic N) is 1. The third-order valence-electron chi connectivity index (χ3n) is 2.89. The summed E-state index contributed by atoms with van der Waals surface area (Å²) < 4.78 is 0.258. The topological polar surface area (TPSA) is 60.4 Å². The van der Waals surface area contributed by atoms with Crippen molar-refractivity contribution in [1.29, 1.82) is 0 Å². The highest BCUT2D eigenvalue weighted by Gasteiger charge is 2.36. The lowest BCUT2D eigenvalue weighted by Gasteiger charge is -2.26. The fraction of sp³-hybridized carbons (Fsp3) is 0.214. The lowest BCUT2D eigenvalue weighted by Crippen LogP contribution is -2.49. The highest BCUT2D eigenvalue weighted by molar-refractivity contribution is 8.26. The van der Waals surface area contributed by atoms with E-state index in [0.717, 1.165) is 22.2 Å². The number of benzene rings is 1. The number of amides is 1.